The second-order valence-electron chi connectivity index (χ2n) is 3.35. The summed E-state index contributed by atoms with van der Waals surface area (Å²) >= 11 is 0. The molecule has 0 fully saturated rings. The highest BCUT2D eigenvalue weighted by Crippen LogP contribution is 2.01. The van der Waals surface area contributed by atoms with E-state index in [-0.39, 0.29) is 5.91 Å². The summed E-state index contributed by atoms with van der Waals surface area (Å²) in [7, 11) is 0. The van der Waals surface area contributed by atoms with Crippen LogP contribution in [0, 0.1) is 0 Å². The summed E-state index contributed by atoms with van der Waals surface area (Å²) < 4.78 is 5.42. The van der Waals surface area contributed by atoms with Crippen molar-refractivity contribution in [3.8, 4) is 0 Å². The van der Waals surface area contributed by atoms with Crippen molar-refractivity contribution in [1.29, 1.82) is 0 Å². The molecular weight excluding hydrogens is 206 g/mol. The lowest BCUT2D eigenvalue weighted by molar-refractivity contribution is -0.133. The Balaban J connectivity index is 2.31. The van der Waals surface area contributed by atoms with Gasteiger partial charge in [-0.3, -0.25) is 15.2 Å². The molecule has 1 rings (SSSR count). The minimum Gasteiger partial charge on any atom is -0.368 e. The van der Waals surface area contributed by atoms with E-state index in [0.717, 1.165) is 5.69 Å². The van der Waals surface area contributed by atoms with Gasteiger partial charge in [-0.25, -0.2) is 5.84 Å². The SMILES string of the molecule is CCC(OCCc1ccccn1)C(=O)NN. The summed E-state index contributed by atoms with van der Waals surface area (Å²) in [6.07, 6.45) is 2.55. The van der Waals surface area contributed by atoms with Crippen molar-refractivity contribution in [1.82, 2.24) is 10.4 Å². The van der Waals surface area contributed by atoms with Crippen LogP contribution < -0.4 is 11.3 Å². The van der Waals surface area contributed by atoms with Crippen LogP contribution in [0.15, 0.2) is 24.4 Å². The molecule has 5 heteroatoms. The third-order valence-corrected chi connectivity index (χ3v) is 2.21. The van der Waals surface area contributed by atoms with Gasteiger partial charge in [-0.15, -0.1) is 0 Å². The molecule has 0 saturated carbocycles. The summed E-state index contributed by atoms with van der Waals surface area (Å²) in [6, 6.07) is 5.71. The molecule has 0 bridgehead atoms. The number of hydrazine groups is 1. The Labute approximate surface area is 95.0 Å². The lowest BCUT2D eigenvalue weighted by Crippen LogP contribution is -2.40. The molecule has 0 aliphatic rings. The molecule has 0 spiro atoms. The molecule has 0 aliphatic heterocycles. The molecule has 0 aromatic carbocycles. The Morgan fingerprint density at radius 2 is 2.44 bits per heavy atom. The fraction of sp³-hybridized carbons (Fsp3) is 0.455. The van der Waals surface area contributed by atoms with Crippen molar-refractivity contribution in [2.45, 2.75) is 25.9 Å². The van der Waals surface area contributed by atoms with Crippen molar-refractivity contribution in [3.63, 3.8) is 0 Å². The second-order valence-corrected chi connectivity index (χ2v) is 3.35. The highest BCUT2D eigenvalue weighted by molar-refractivity contribution is 5.79. The number of aromatic nitrogens is 1. The predicted octanol–water partition coefficient (Wildman–Crippen LogP) is 0.409. The molecule has 0 radical (unpaired) electrons. The normalized spacial score (nSPS) is 12.1. The number of nitrogens with two attached hydrogens (primary N) is 1. The first-order valence-corrected chi connectivity index (χ1v) is 5.30. The number of hydrogen-bond acceptors (Lipinski definition) is 4. The van der Waals surface area contributed by atoms with Gasteiger partial charge in [-0.1, -0.05) is 13.0 Å². The predicted molar refractivity (Wildman–Crippen MR) is 60.3 cm³/mol. The van der Waals surface area contributed by atoms with Crippen LogP contribution in [0.4, 0.5) is 0 Å². The molecule has 1 aromatic rings. The molecule has 1 aromatic heterocycles. The molecule has 3 N–H and O–H groups in total. The second kappa shape index (κ2) is 6.92. The number of carbonyl (C=O) groups excluding carboxylic acids is 1. The number of carbonyl (C=O) groups is 1. The number of ether oxygens (including phenoxy) is 1. The third kappa shape index (κ3) is 3.96. The van der Waals surface area contributed by atoms with Gasteiger partial charge < -0.3 is 4.74 Å². The Hall–Kier alpha value is -1.46. The first-order chi connectivity index (χ1) is 7.77. The van der Waals surface area contributed by atoms with E-state index in [1.807, 2.05) is 25.1 Å². The molecule has 0 aliphatic carbocycles. The fourth-order valence-corrected chi connectivity index (χ4v) is 1.32. The van der Waals surface area contributed by atoms with Crippen LogP contribution in [-0.2, 0) is 16.0 Å². The molecular formula is C11H17N3O2. The summed E-state index contributed by atoms with van der Waals surface area (Å²) in [5, 5.41) is 0. The molecule has 88 valence electrons. The van der Waals surface area contributed by atoms with Gasteiger partial charge in [0.25, 0.3) is 5.91 Å². The van der Waals surface area contributed by atoms with E-state index in [9.17, 15) is 4.79 Å². The van der Waals surface area contributed by atoms with E-state index < -0.39 is 6.10 Å². The van der Waals surface area contributed by atoms with Crippen LogP contribution in [0.25, 0.3) is 0 Å². The van der Waals surface area contributed by atoms with Gasteiger partial charge in [-0.2, -0.15) is 0 Å². The molecule has 1 heterocycles. The van der Waals surface area contributed by atoms with Crippen molar-refractivity contribution < 1.29 is 9.53 Å². The van der Waals surface area contributed by atoms with E-state index >= 15 is 0 Å². The highest BCUT2D eigenvalue weighted by atomic mass is 16.5. The van der Waals surface area contributed by atoms with Crippen LogP contribution >= 0.6 is 0 Å². The topological polar surface area (TPSA) is 77.2 Å². The summed E-state index contributed by atoms with van der Waals surface area (Å²) in [5.74, 6) is 4.75. The number of hydrogen-bond donors (Lipinski definition) is 2. The van der Waals surface area contributed by atoms with E-state index in [1.165, 1.54) is 0 Å². The zero-order valence-electron chi connectivity index (χ0n) is 9.35. The van der Waals surface area contributed by atoms with Crippen LogP contribution in [0.1, 0.15) is 19.0 Å². The molecule has 16 heavy (non-hydrogen) atoms. The van der Waals surface area contributed by atoms with Crippen LogP contribution in [0.5, 0.6) is 0 Å². The Kier molecular flexibility index (Phi) is 5.45. The van der Waals surface area contributed by atoms with Gasteiger partial charge in [0, 0.05) is 18.3 Å². The Morgan fingerprint density at radius 3 is 3.00 bits per heavy atom. The van der Waals surface area contributed by atoms with Crippen molar-refractivity contribution in [3.05, 3.63) is 30.1 Å². The smallest absolute Gasteiger partial charge is 0.262 e. The molecule has 5 nitrogen and oxygen atoms in total. The Morgan fingerprint density at radius 1 is 1.62 bits per heavy atom. The molecule has 0 saturated heterocycles. The highest BCUT2D eigenvalue weighted by Gasteiger charge is 2.15. The van der Waals surface area contributed by atoms with Gasteiger partial charge in [0.1, 0.15) is 6.10 Å². The molecule has 1 unspecified atom stereocenters. The van der Waals surface area contributed by atoms with Gasteiger partial charge in [0.15, 0.2) is 0 Å². The largest absolute Gasteiger partial charge is 0.368 e. The maximum absolute atomic E-state index is 11.2. The maximum Gasteiger partial charge on any atom is 0.262 e. The van der Waals surface area contributed by atoms with Crippen LogP contribution in [-0.4, -0.2) is 23.6 Å². The van der Waals surface area contributed by atoms with Gasteiger partial charge in [0.05, 0.1) is 6.61 Å². The van der Waals surface area contributed by atoms with Crippen molar-refractivity contribution in [2.24, 2.45) is 5.84 Å². The number of pyridine rings is 1. The number of rotatable bonds is 6. The first kappa shape index (κ1) is 12.6. The molecule has 1 atom stereocenters. The van der Waals surface area contributed by atoms with Crippen molar-refractivity contribution in [2.75, 3.05) is 6.61 Å². The summed E-state index contributed by atoms with van der Waals surface area (Å²) in [4.78, 5) is 15.4. The average Bonchev–Trinajstić information content (AvgIpc) is 2.35. The zero-order chi connectivity index (χ0) is 11.8. The fourth-order valence-electron chi connectivity index (χ4n) is 1.32. The van der Waals surface area contributed by atoms with Crippen LogP contribution in [0.2, 0.25) is 0 Å². The maximum atomic E-state index is 11.2. The van der Waals surface area contributed by atoms with E-state index in [0.29, 0.717) is 19.4 Å². The van der Waals surface area contributed by atoms with Gasteiger partial charge >= 0.3 is 0 Å². The van der Waals surface area contributed by atoms with Gasteiger partial charge in [-0.05, 0) is 18.6 Å². The lowest BCUT2D eigenvalue weighted by atomic mass is 10.2. The van der Waals surface area contributed by atoms with E-state index in [4.69, 9.17) is 10.6 Å². The van der Waals surface area contributed by atoms with Crippen LogP contribution in [0.3, 0.4) is 0 Å². The van der Waals surface area contributed by atoms with Crippen molar-refractivity contribution >= 4 is 5.91 Å². The quantitative estimate of drug-likeness (QED) is 0.416. The number of nitrogens with one attached hydrogen (secondary N) is 1. The average molecular weight is 223 g/mol. The third-order valence-electron chi connectivity index (χ3n) is 2.21. The summed E-state index contributed by atoms with van der Waals surface area (Å²) in [5.41, 5.74) is 3.03. The van der Waals surface area contributed by atoms with Gasteiger partial charge in [0.2, 0.25) is 0 Å². The Bertz CT molecular complexity index is 316. The summed E-state index contributed by atoms with van der Waals surface area (Å²) in [6.45, 7) is 2.34. The standard InChI is InChI=1S/C11H17N3O2/c1-2-10(11(15)14-12)16-8-6-9-5-3-4-7-13-9/h3-5,7,10H,2,6,8,12H2,1H3,(H,14,15). The zero-order valence-corrected chi connectivity index (χ0v) is 9.35. The minimum absolute atomic E-state index is 0.288. The molecule has 1 amide bonds. The number of amides is 1. The van der Waals surface area contributed by atoms with E-state index in [2.05, 4.69) is 10.4 Å². The minimum atomic E-state index is -0.478. The first-order valence-electron chi connectivity index (χ1n) is 5.30. The number of nitrogens with zero attached hydrogens (tertiary/aromatic N) is 1. The lowest BCUT2D eigenvalue weighted by Gasteiger charge is -2.13. The van der Waals surface area contributed by atoms with E-state index in [1.54, 1.807) is 6.20 Å². The monoisotopic (exact) mass is 223 g/mol.